The molecule has 20 heavy (non-hydrogen) atoms. The van der Waals surface area contributed by atoms with Crippen molar-refractivity contribution in [3.05, 3.63) is 53.9 Å². The zero-order valence-corrected chi connectivity index (χ0v) is 11.8. The summed E-state index contributed by atoms with van der Waals surface area (Å²) in [5.41, 5.74) is 2.40. The van der Waals surface area contributed by atoms with Gasteiger partial charge >= 0.3 is 0 Å². The van der Waals surface area contributed by atoms with Crippen LogP contribution in [0.2, 0.25) is 0 Å². The Kier molecular flexibility index (Phi) is 3.97. The summed E-state index contributed by atoms with van der Waals surface area (Å²) in [6, 6.07) is 10.9. The SMILES string of the molecule is CCc1cccc(Oc2ccncc2CNC2CC2)c1. The number of pyridine rings is 1. The molecule has 0 atom stereocenters. The Bertz CT molecular complexity index is 579. The normalized spacial score (nSPS) is 14.2. The molecule has 2 aromatic rings. The number of hydrogen-bond donors (Lipinski definition) is 1. The van der Waals surface area contributed by atoms with Crippen LogP contribution in [0.5, 0.6) is 11.5 Å². The second-order valence-corrected chi connectivity index (χ2v) is 5.24. The average Bonchev–Trinajstić information content (AvgIpc) is 3.31. The van der Waals surface area contributed by atoms with Crippen LogP contribution in [0.3, 0.4) is 0 Å². The molecule has 1 N–H and O–H groups in total. The standard InChI is InChI=1S/C17H20N2O/c1-2-13-4-3-5-16(10-13)20-17-8-9-18-11-14(17)12-19-15-6-7-15/h3-5,8-11,15,19H,2,6-7,12H2,1H3. The van der Waals surface area contributed by atoms with Crippen molar-refractivity contribution in [2.45, 2.75) is 38.8 Å². The molecule has 0 aliphatic heterocycles. The molecule has 3 nitrogen and oxygen atoms in total. The number of aromatic nitrogens is 1. The topological polar surface area (TPSA) is 34.1 Å². The maximum absolute atomic E-state index is 6.02. The Hall–Kier alpha value is -1.87. The van der Waals surface area contributed by atoms with Crippen LogP contribution < -0.4 is 10.1 Å². The summed E-state index contributed by atoms with van der Waals surface area (Å²) in [6.07, 6.45) is 7.25. The van der Waals surface area contributed by atoms with E-state index in [-0.39, 0.29) is 0 Å². The Labute approximate surface area is 120 Å². The van der Waals surface area contributed by atoms with E-state index in [9.17, 15) is 0 Å². The first-order valence-electron chi connectivity index (χ1n) is 7.28. The van der Waals surface area contributed by atoms with Crippen molar-refractivity contribution < 1.29 is 4.74 Å². The molecule has 0 bridgehead atoms. The first-order valence-corrected chi connectivity index (χ1v) is 7.28. The zero-order valence-electron chi connectivity index (χ0n) is 11.8. The molecule has 104 valence electrons. The second-order valence-electron chi connectivity index (χ2n) is 5.24. The molecule has 0 spiro atoms. The van der Waals surface area contributed by atoms with Gasteiger partial charge in [-0.1, -0.05) is 19.1 Å². The molecule has 1 saturated carbocycles. The Morgan fingerprint density at radius 1 is 1.30 bits per heavy atom. The van der Waals surface area contributed by atoms with E-state index in [1.165, 1.54) is 18.4 Å². The third kappa shape index (κ3) is 3.36. The summed E-state index contributed by atoms with van der Waals surface area (Å²) in [4.78, 5) is 4.20. The lowest BCUT2D eigenvalue weighted by atomic mass is 10.1. The summed E-state index contributed by atoms with van der Waals surface area (Å²) in [5.74, 6) is 1.78. The molecule has 1 aromatic carbocycles. The molecule has 0 saturated heterocycles. The minimum absolute atomic E-state index is 0.687. The summed E-state index contributed by atoms with van der Waals surface area (Å²) >= 11 is 0. The maximum Gasteiger partial charge on any atom is 0.134 e. The lowest BCUT2D eigenvalue weighted by Crippen LogP contribution is -2.15. The molecule has 0 radical (unpaired) electrons. The van der Waals surface area contributed by atoms with E-state index < -0.39 is 0 Å². The van der Waals surface area contributed by atoms with Crippen molar-refractivity contribution >= 4 is 0 Å². The molecular formula is C17H20N2O. The van der Waals surface area contributed by atoms with Crippen molar-refractivity contribution in [1.29, 1.82) is 0 Å². The van der Waals surface area contributed by atoms with E-state index >= 15 is 0 Å². The fourth-order valence-electron chi connectivity index (χ4n) is 2.14. The second kappa shape index (κ2) is 6.06. The van der Waals surface area contributed by atoms with Crippen LogP contribution in [0.4, 0.5) is 0 Å². The average molecular weight is 268 g/mol. The van der Waals surface area contributed by atoms with E-state index in [1.54, 1.807) is 6.20 Å². The van der Waals surface area contributed by atoms with Gasteiger partial charge in [0.25, 0.3) is 0 Å². The van der Waals surface area contributed by atoms with Gasteiger partial charge in [0, 0.05) is 30.5 Å². The first-order chi connectivity index (χ1) is 9.85. The summed E-state index contributed by atoms with van der Waals surface area (Å²) in [6.45, 7) is 2.97. The largest absolute Gasteiger partial charge is 0.457 e. The first kappa shape index (κ1) is 13.1. The molecular weight excluding hydrogens is 248 g/mol. The van der Waals surface area contributed by atoms with Crippen LogP contribution in [0.15, 0.2) is 42.7 Å². The number of rotatable bonds is 6. The smallest absolute Gasteiger partial charge is 0.134 e. The van der Waals surface area contributed by atoms with Gasteiger partial charge in [-0.2, -0.15) is 0 Å². The zero-order chi connectivity index (χ0) is 13.8. The summed E-state index contributed by atoms with van der Waals surface area (Å²) in [7, 11) is 0. The van der Waals surface area contributed by atoms with E-state index in [0.717, 1.165) is 30.0 Å². The monoisotopic (exact) mass is 268 g/mol. The van der Waals surface area contributed by atoms with E-state index in [1.807, 2.05) is 24.4 Å². The van der Waals surface area contributed by atoms with Crippen molar-refractivity contribution in [3.8, 4) is 11.5 Å². The molecule has 1 heterocycles. The molecule has 1 fully saturated rings. The van der Waals surface area contributed by atoms with Crippen molar-refractivity contribution in [2.75, 3.05) is 0 Å². The third-order valence-electron chi connectivity index (χ3n) is 3.55. The highest BCUT2D eigenvalue weighted by Gasteiger charge is 2.20. The minimum Gasteiger partial charge on any atom is -0.457 e. The predicted octanol–water partition coefficient (Wildman–Crippen LogP) is 3.69. The fourth-order valence-corrected chi connectivity index (χ4v) is 2.14. The Morgan fingerprint density at radius 3 is 3.00 bits per heavy atom. The van der Waals surface area contributed by atoms with E-state index in [2.05, 4.69) is 29.4 Å². The van der Waals surface area contributed by atoms with Crippen LogP contribution in [0.25, 0.3) is 0 Å². The van der Waals surface area contributed by atoms with E-state index in [4.69, 9.17) is 4.74 Å². The predicted molar refractivity (Wildman–Crippen MR) is 80.0 cm³/mol. The van der Waals surface area contributed by atoms with Crippen LogP contribution in [0, 0.1) is 0 Å². The van der Waals surface area contributed by atoms with E-state index in [0.29, 0.717) is 6.04 Å². The highest BCUT2D eigenvalue weighted by Crippen LogP contribution is 2.26. The number of nitrogens with one attached hydrogen (secondary N) is 1. The van der Waals surface area contributed by atoms with Gasteiger partial charge in [-0.05, 0) is 43.0 Å². The number of benzene rings is 1. The fraction of sp³-hybridized carbons (Fsp3) is 0.353. The van der Waals surface area contributed by atoms with Crippen LogP contribution in [-0.4, -0.2) is 11.0 Å². The van der Waals surface area contributed by atoms with Gasteiger partial charge in [0.2, 0.25) is 0 Å². The van der Waals surface area contributed by atoms with Crippen LogP contribution in [-0.2, 0) is 13.0 Å². The van der Waals surface area contributed by atoms with Crippen molar-refractivity contribution in [2.24, 2.45) is 0 Å². The maximum atomic E-state index is 6.02. The Balaban J connectivity index is 1.74. The van der Waals surface area contributed by atoms with Crippen molar-refractivity contribution in [3.63, 3.8) is 0 Å². The molecule has 0 amide bonds. The molecule has 0 unspecified atom stereocenters. The number of hydrogen-bond acceptors (Lipinski definition) is 3. The van der Waals surface area contributed by atoms with Gasteiger partial charge < -0.3 is 10.1 Å². The van der Waals surface area contributed by atoms with Crippen LogP contribution >= 0.6 is 0 Å². The molecule has 3 heteroatoms. The van der Waals surface area contributed by atoms with Gasteiger partial charge in [-0.3, -0.25) is 4.98 Å². The van der Waals surface area contributed by atoms with Crippen molar-refractivity contribution in [1.82, 2.24) is 10.3 Å². The number of nitrogens with zero attached hydrogens (tertiary/aromatic N) is 1. The summed E-state index contributed by atoms with van der Waals surface area (Å²) < 4.78 is 6.02. The quantitative estimate of drug-likeness (QED) is 0.867. The molecule has 1 aromatic heterocycles. The summed E-state index contributed by atoms with van der Waals surface area (Å²) in [5, 5.41) is 3.50. The molecule has 1 aliphatic carbocycles. The van der Waals surface area contributed by atoms with Gasteiger partial charge in [0.1, 0.15) is 11.5 Å². The number of aryl methyl sites for hydroxylation is 1. The van der Waals surface area contributed by atoms with Gasteiger partial charge in [-0.15, -0.1) is 0 Å². The van der Waals surface area contributed by atoms with Gasteiger partial charge in [0.05, 0.1) is 0 Å². The third-order valence-corrected chi connectivity index (χ3v) is 3.55. The lowest BCUT2D eigenvalue weighted by Gasteiger charge is -2.12. The number of ether oxygens (including phenoxy) is 1. The molecule has 1 aliphatic rings. The molecule has 3 rings (SSSR count). The highest BCUT2D eigenvalue weighted by molar-refractivity contribution is 5.37. The van der Waals surface area contributed by atoms with Gasteiger partial charge in [-0.25, -0.2) is 0 Å². The highest BCUT2D eigenvalue weighted by atomic mass is 16.5. The van der Waals surface area contributed by atoms with Gasteiger partial charge in [0.15, 0.2) is 0 Å². The minimum atomic E-state index is 0.687. The lowest BCUT2D eigenvalue weighted by molar-refractivity contribution is 0.471. The Morgan fingerprint density at radius 2 is 2.20 bits per heavy atom. The van der Waals surface area contributed by atoms with Crippen LogP contribution in [0.1, 0.15) is 30.9 Å².